The fourth-order valence-electron chi connectivity index (χ4n) is 1.39. The number of alkyl halides is 8. The maximum Gasteiger partial charge on any atom is 0.417 e. The van der Waals surface area contributed by atoms with Gasteiger partial charge in [0.05, 0.1) is 11.1 Å². The van der Waals surface area contributed by atoms with Gasteiger partial charge in [0.25, 0.3) is 6.43 Å². The number of carbonyl (C=O) groups excluding carboxylic acids is 1. The molecule has 0 spiro atoms. The molecule has 0 atom stereocenters. The van der Waals surface area contributed by atoms with Crippen molar-refractivity contribution in [3.8, 4) is 0 Å². The summed E-state index contributed by atoms with van der Waals surface area (Å²) in [6, 6.07) is -0.575. The Kier molecular flexibility index (Phi) is 3.87. The van der Waals surface area contributed by atoms with Gasteiger partial charge in [-0.1, -0.05) is 0 Å². The molecule has 0 aliphatic carbocycles. The van der Waals surface area contributed by atoms with Crippen molar-refractivity contribution in [3.05, 3.63) is 34.4 Å². The number of benzene rings is 1. The summed E-state index contributed by atoms with van der Waals surface area (Å²) in [5.74, 6) is 0. The average Bonchev–Trinajstić information content (AvgIpc) is 2.24. The van der Waals surface area contributed by atoms with Gasteiger partial charge >= 0.3 is 12.4 Å². The summed E-state index contributed by atoms with van der Waals surface area (Å²) in [7, 11) is 0. The maximum atomic E-state index is 12.4. The highest BCUT2D eigenvalue weighted by Gasteiger charge is 2.44. The third kappa shape index (κ3) is 3.21. The van der Waals surface area contributed by atoms with Crippen LogP contribution in [0.25, 0.3) is 0 Å². The van der Waals surface area contributed by atoms with Crippen LogP contribution in [-0.4, -0.2) is 6.29 Å². The highest BCUT2D eigenvalue weighted by Crippen LogP contribution is 2.42. The first-order chi connectivity index (χ1) is 8.48. The average molecular weight is 292 g/mol. The first kappa shape index (κ1) is 15.4. The van der Waals surface area contributed by atoms with E-state index in [-0.39, 0.29) is 18.4 Å². The Morgan fingerprint density at radius 1 is 0.895 bits per heavy atom. The van der Waals surface area contributed by atoms with Crippen molar-refractivity contribution >= 4 is 6.29 Å². The topological polar surface area (TPSA) is 17.1 Å². The highest BCUT2D eigenvalue weighted by atomic mass is 19.4. The molecule has 0 saturated heterocycles. The lowest BCUT2D eigenvalue weighted by Crippen LogP contribution is -2.18. The molecule has 1 aromatic rings. The summed E-state index contributed by atoms with van der Waals surface area (Å²) >= 11 is 0. The predicted octanol–water partition coefficient (Wildman–Crippen LogP) is 4.47. The first-order valence-corrected chi connectivity index (χ1v) is 4.54. The maximum absolute atomic E-state index is 12.4. The molecule has 0 aliphatic heterocycles. The lowest BCUT2D eigenvalue weighted by atomic mass is 9.98. The smallest absolute Gasteiger partial charge is 0.298 e. The zero-order valence-corrected chi connectivity index (χ0v) is 8.74. The van der Waals surface area contributed by atoms with Gasteiger partial charge in [0, 0.05) is 11.1 Å². The van der Waals surface area contributed by atoms with Crippen LogP contribution in [0, 0.1) is 0 Å². The number of hydrogen-bond acceptors (Lipinski definition) is 1. The molecular formula is C10H4F8O. The molecule has 1 aromatic carbocycles. The molecule has 0 aliphatic rings. The third-order valence-electron chi connectivity index (χ3n) is 2.20. The molecular weight excluding hydrogens is 288 g/mol. The largest absolute Gasteiger partial charge is 0.417 e. The molecule has 9 heteroatoms. The zero-order chi connectivity index (χ0) is 15.0. The van der Waals surface area contributed by atoms with E-state index in [4.69, 9.17) is 0 Å². The second kappa shape index (κ2) is 4.78. The number of halogens is 8. The SMILES string of the molecule is O=Cc1cc(C(F)(F)F)c(C(F)(F)F)cc1C(F)F. The summed E-state index contributed by atoms with van der Waals surface area (Å²) in [6.07, 6.45) is -14.7. The van der Waals surface area contributed by atoms with Crippen LogP contribution < -0.4 is 0 Å². The molecule has 0 fully saturated rings. The quantitative estimate of drug-likeness (QED) is 0.580. The van der Waals surface area contributed by atoms with Crippen LogP contribution in [0.4, 0.5) is 35.1 Å². The Bertz CT molecular complexity index is 486. The van der Waals surface area contributed by atoms with Crippen LogP contribution in [0.1, 0.15) is 33.5 Å². The van der Waals surface area contributed by atoms with Crippen molar-refractivity contribution in [1.82, 2.24) is 0 Å². The molecule has 106 valence electrons. The summed E-state index contributed by atoms with van der Waals surface area (Å²) < 4.78 is 99.4. The number of rotatable bonds is 2. The normalized spacial score (nSPS) is 12.9. The van der Waals surface area contributed by atoms with Gasteiger partial charge in [0.2, 0.25) is 0 Å². The van der Waals surface area contributed by atoms with E-state index in [1.807, 2.05) is 0 Å². The van der Waals surface area contributed by atoms with Crippen molar-refractivity contribution < 1.29 is 39.9 Å². The van der Waals surface area contributed by atoms with Gasteiger partial charge in [-0.05, 0) is 12.1 Å². The fourth-order valence-corrected chi connectivity index (χ4v) is 1.39. The number of aldehydes is 1. The molecule has 1 nitrogen and oxygen atoms in total. The predicted molar refractivity (Wildman–Crippen MR) is 46.8 cm³/mol. The van der Waals surface area contributed by atoms with Crippen LogP contribution in [0.3, 0.4) is 0 Å². The van der Waals surface area contributed by atoms with Gasteiger partial charge < -0.3 is 0 Å². The van der Waals surface area contributed by atoms with Crippen LogP contribution in [0.5, 0.6) is 0 Å². The first-order valence-electron chi connectivity index (χ1n) is 4.54. The number of hydrogen-bond donors (Lipinski definition) is 0. The second-order valence-electron chi connectivity index (χ2n) is 3.44. The summed E-state index contributed by atoms with van der Waals surface area (Å²) in [6.45, 7) is 0. The van der Waals surface area contributed by atoms with Crippen molar-refractivity contribution in [2.45, 2.75) is 18.8 Å². The minimum Gasteiger partial charge on any atom is -0.298 e. The van der Waals surface area contributed by atoms with Gasteiger partial charge in [0.1, 0.15) is 0 Å². The summed E-state index contributed by atoms with van der Waals surface area (Å²) in [5, 5.41) is 0. The summed E-state index contributed by atoms with van der Waals surface area (Å²) in [4.78, 5) is 10.4. The molecule has 1 rings (SSSR count). The Hall–Kier alpha value is -1.67. The van der Waals surface area contributed by atoms with Gasteiger partial charge in [0.15, 0.2) is 6.29 Å². The van der Waals surface area contributed by atoms with E-state index < -0.39 is 41.0 Å². The van der Waals surface area contributed by atoms with E-state index in [1.54, 1.807) is 0 Å². The molecule has 0 heterocycles. The molecule has 0 unspecified atom stereocenters. The van der Waals surface area contributed by atoms with Crippen LogP contribution in [0.15, 0.2) is 12.1 Å². The number of carbonyl (C=O) groups is 1. The minimum absolute atomic E-state index is 0.225. The molecule has 0 N–H and O–H groups in total. The molecule has 0 aromatic heterocycles. The molecule has 0 radical (unpaired) electrons. The molecule has 19 heavy (non-hydrogen) atoms. The van der Waals surface area contributed by atoms with Crippen LogP contribution in [-0.2, 0) is 12.4 Å². The molecule has 0 saturated carbocycles. The molecule has 0 amide bonds. The standard InChI is InChI=1S/C10H4F8O/c11-8(12)5-2-7(10(16,17)18)6(9(13,14)15)1-4(5)3-19/h1-3,8H. The Labute approximate surface area is 100 Å². The lowest BCUT2D eigenvalue weighted by Gasteiger charge is -2.17. The Balaban J connectivity index is 3.68. The van der Waals surface area contributed by atoms with Crippen LogP contribution in [0.2, 0.25) is 0 Å². The Morgan fingerprint density at radius 3 is 1.63 bits per heavy atom. The van der Waals surface area contributed by atoms with E-state index >= 15 is 0 Å². The van der Waals surface area contributed by atoms with E-state index in [0.717, 1.165) is 0 Å². The fraction of sp³-hybridized carbons (Fsp3) is 0.300. The lowest BCUT2D eigenvalue weighted by molar-refractivity contribution is -0.162. The van der Waals surface area contributed by atoms with Crippen molar-refractivity contribution in [2.24, 2.45) is 0 Å². The van der Waals surface area contributed by atoms with E-state index in [2.05, 4.69) is 0 Å². The van der Waals surface area contributed by atoms with Gasteiger partial charge in [-0.25, -0.2) is 8.78 Å². The monoisotopic (exact) mass is 292 g/mol. The van der Waals surface area contributed by atoms with Gasteiger partial charge in [-0.3, -0.25) is 4.79 Å². The minimum atomic E-state index is -5.46. The van der Waals surface area contributed by atoms with Gasteiger partial charge in [-0.15, -0.1) is 0 Å². The molecule has 0 bridgehead atoms. The third-order valence-corrected chi connectivity index (χ3v) is 2.20. The van der Waals surface area contributed by atoms with Crippen molar-refractivity contribution in [1.29, 1.82) is 0 Å². The van der Waals surface area contributed by atoms with Crippen molar-refractivity contribution in [2.75, 3.05) is 0 Å². The zero-order valence-electron chi connectivity index (χ0n) is 8.74. The van der Waals surface area contributed by atoms with Crippen molar-refractivity contribution in [3.63, 3.8) is 0 Å². The van der Waals surface area contributed by atoms with Crippen LogP contribution >= 0.6 is 0 Å². The van der Waals surface area contributed by atoms with E-state index in [9.17, 15) is 39.9 Å². The highest BCUT2D eigenvalue weighted by molar-refractivity contribution is 5.78. The van der Waals surface area contributed by atoms with E-state index in [1.165, 1.54) is 0 Å². The Morgan fingerprint density at radius 2 is 1.32 bits per heavy atom. The second-order valence-corrected chi connectivity index (χ2v) is 3.44. The summed E-state index contributed by atoms with van der Waals surface area (Å²) in [5.41, 5.74) is -6.95. The van der Waals surface area contributed by atoms with Gasteiger partial charge in [-0.2, -0.15) is 26.3 Å². The van der Waals surface area contributed by atoms with E-state index in [0.29, 0.717) is 0 Å².